The summed E-state index contributed by atoms with van der Waals surface area (Å²) >= 11 is 0. The normalized spacial score (nSPS) is 10.2. The SMILES string of the molecule is COc1cccc2c(C(N)=O)cccc12. The van der Waals surface area contributed by atoms with Gasteiger partial charge in [0.25, 0.3) is 0 Å². The number of nitrogens with two attached hydrogens (primary N) is 1. The molecule has 0 fully saturated rings. The van der Waals surface area contributed by atoms with Gasteiger partial charge in [0.15, 0.2) is 0 Å². The Labute approximate surface area is 87.5 Å². The molecule has 0 saturated carbocycles. The summed E-state index contributed by atoms with van der Waals surface area (Å²) in [7, 11) is 1.60. The second kappa shape index (κ2) is 3.61. The number of benzene rings is 2. The third kappa shape index (κ3) is 1.52. The highest BCUT2D eigenvalue weighted by Crippen LogP contribution is 2.27. The summed E-state index contributed by atoms with van der Waals surface area (Å²) in [4.78, 5) is 11.2. The molecule has 0 aliphatic carbocycles. The average Bonchev–Trinajstić information content (AvgIpc) is 2.27. The fraction of sp³-hybridized carbons (Fsp3) is 0.0833. The molecular weight excluding hydrogens is 190 g/mol. The minimum absolute atomic E-state index is 0.422. The van der Waals surface area contributed by atoms with E-state index in [2.05, 4.69) is 0 Å². The van der Waals surface area contributed by atoms with Crippen molar-refractivity contribution < 1.29 is 9.53 Å². The van der Waals surface area contributed by atoms with Crippen LogP contribution >= 0.6 is 0 Å². The third-order valence-electron chi connectivity index (χ3n) is 2.37. The molecule has 76 valence electrons. The van der Waals surface area contributed by atoms with E-state index in [1.807, 2.05) is 24.3 Å². The van der Waals surface area contributed by atoms with Gasteiger partial charge in [-0.25, -0.2) is 0 Å². The topological polar surface area (TPSA) is 52.3 Å². The van der Waals surface area contributed by atoms with Crippen molar-refractivity contribution >= 4 is 16.7 Å². The summed E-state index contributed by atoms with van der Waals surface area (Å²) < 4.78 is 5.21. The van der Waals surface area contributed by atoms with E-state index < -0.39 is 5.91 Å². The highest BCUT2D eigenvalue weighted by molar-refractivity contribution is 6.07. The molecule has 2 aromatic carbocycles. The van der Waals surface area contributed by atoms with Crippen LogP contribution in [0.2, 0.25) is 0 Å². The highest BCUT2D eigenvalue weighted by atomic mass is 16.5. The first-order valence-corrected chi connectivity index (χ1v) is 4.59. The molecule has 0 spiro atoms. The van der Waals surface area contributed by atoms with Gasteiger partial charge in [-0.15, -0.1) is 0 Å². The first-order valence-electron chi connectivity index (χ1n) is 4.59. The van der Waals surface area contributed by atoms with Crippen LogP contribution in [0.1, 0.15) is 10.4 Å². The van der Waals surface area contributed by atoms with E-state index in [1.54, 1.807) is 19.2 Å². The zero-order valence-corrected chi connectivity index (χ0v) is 8.36. The lowest BCUT2D eigenvalue weighted by Crippen LogP contribution is -2.11. The molecule has 2 N–H and O–H groups in total. The molecule has 2 rings (SSSR count). The molecule has 15 heavy (non-hydrogen) atoms. The first-order chi connectivity index (χ1) is 7.24. The van der Waals surface area contributed by atoms with E-state index in [4.69, 9.17) is 10.5 Å². The first kappa shape index (κ1) is 9.52. The summed E-state index contributed by atoms with van der Waals surface area (Å²) in [6, 6.07) is 11.0. The zero-order valence-electron chi connectivity index (χ0n) is 8.36. The molecule has 0 bridgehead atoms. The quantitative estimate of drug-likeness (QED) is 0.807. The van der Waals surface area contributed by atoms with E-state index in [-0.39, 0.29) is 0 Å². The smallest absolute Gasteiger partial charge is 0.249 e. The minimum atomic E-state index is -0.422. The van der Waals surface area contributed by atoms with Gasteiger partial charge in [0.05, 0.1) is 7.11 Å². The van der Waals surface area contributed by atoms with Crippen molar-refractivity contribution in [3.05, 3.63) is 42.0 Å². The van der Waals surface area contributed by atoms with Gasteiger partial charge in [0, 0.05) is 10.9 Å². The lowest BCUT2D eigenvalue weighted by Gasteiger charge is -2.07. The lowest BCUT2D eigenvalue weighted by molar-refractivity contribution is 0.100. The van der Waals surface area contributed by atoms with Crippen LogP contribution in [-0.2, 0) is 0 Å². The predicted molar refractivity (Wildman–Crippen MR) is 59.0 cm³/mol. The number of carbonyl (C=O) groups excluding carboxylic acids is 1. The number of carbonyl (C=O) groups is 1. The van der Waals surface area contributed by atoms with Gasteiger partial charge in [-0.05, 0) is 17.5 Å². The molecule has 3 heteroatoms. The van der Waals surface area contributed by atoms with E-state index in [1.165, 1.54) is 0 Å². The van der Waals surface area contributed by atoms with Crippen molar-refractivity contribution in [1.82, 2.24) is 0 Å². The molecule has 2 aromatic rings. The van der Waals surface area contributed by atoms with Crippen LogP contribution in [-0.4, -0.2) is 13.0 Å². The molecular formula is C12H11NO2. The van der Waals surface area contributed by atoms with Crippen LogP contribution in [0.4, 0.5) is 0 Å². The average molecular weight is 201 g/mol. The monoisotopic (exact) mass is 201 g/mol. The molecule has 1 amide bonds. The fourth-order valence-corrected chi connectivity index (χ4v) is 1.67. The Morgan fingerprint density at radius 3 is 2.47 bits per heavy atom. The maximum absolute atomic E-state index is 11.2. The maximum Gasteiger partial charge on any atom is 0.249 e. The summed E-state index contributed by atoms with van der Waals surface area (Å²) in [5, 5.41) is 1.72. The van der Waals surface area contributed by atoms with Gasteiger partial charge >= 0.3 is 0 Å². The molecule has 0 unspecified atom stereocenters. The van der Waals surface area contributed by atoms with Crippen molar-refractivity contribution in [2.45, 2.75) is 0 Å². The van der Waals surface area contributed by atoms with Crippen LogP contribution in [0.5, 0.6) is 5.75 Å². The van der Waals surface area contributed by atoms with Crippen molar-refractivity contribution in [1.29, 1.82) is 0 Å². The zero-order chi connectivity index (χ0) is 10.8. The molecule has 0 aliphatic rings. The molecule has 3 nitrogen and oxygen atoms in total. The number of rotatable bonds is 2. The van der Waals surface area contributed by atoms with E-state index >= 15 is 0 Å². The van der Waals surface area contributed by atoms with Gasteiger partial charge < -0.3 is 10.5 Å². The van der Waals surface area contributed by atoms with Gasteiger partial charge in [-0.1, -0.05) is 24.3 Å². The van der Waals surface area contributed by atoms with Crippen LogP contribution in [0.3, 0.4) is 0 Å². The van der Waals surface area contributed by atoms with Crippen LogP contribution in [0.25, 0.3) is 10.8 Å². The van der Waals surface area contributed by atoms with Crippen molar-refractivity contribution in [3.8, 4) is 5.75 Å². The van der Waals surface area contributed by atoms with Crippen LogP contribution < -0.4 is 10.5 Å². The van der Waals surface area contributed by atoms with Gasteiger partial charge in [-0.3, -0.25) is 4.79 Å². The Hall–Kier alpha value is -2.03. The van der Waals surface area contributed by atoms with Gasteiger partial charge in [0.2, 0.25) is 5.91 Å². The summed E-state index contributed by atoms with van der Waals surface area (Å²) in [6.45, 7) is 0. The number of hydrogen-bond acceptors (Lipinski definition) is 2. The molecule has 0 aromatic heterocycles. The Morgan fingerprint density at radius 1 is 1.13 bits per heavy atom. The van der Waals surface area contributed by atoms with E-state index in [0.717, 1.165) is 16.5 Å². The Morgan fingerprint density at radius 2 is 1.80 bits per heavy atom. The lowest BCUT2D eigenvalue weighted by atomic mass is 10.0. The number of ether oxygens (including phenoxy) is 1. The predicted octanol–water partition coefficient (Wildman–Crippen LogP) is 1.95. The largest absolute Gasteiger partial charge is 0.496 e. The second-order valence-electron chi connectivity index (χ2n) is 3.23. The number of primary amides is 1. The maximum atomic E-state index is 11.2. The summed E-state index contributed by atoms with van der Waals surface area (Å²) in [5.74, 6) is 0.324. The Balaban J connectivity index is 2.82. The Kier molecular flexibility index (Phi) is 2.29. The molecule has 0 radical (unpaired) electrons. The minimum Gasteiger partial charge on any atom is -0.496 e. The number of methoxy groups -OCH3 is 1. The Bertz CT molecular complexity index is 520. The van der Waals surface area contributed by atoms with Gasteiger partial charge in [0.1, 0.15) is 5.75 Å². The van der Waals surface area contributed by atoms with E-state index in [9.17, 15) is 4.79 Å². The highest BCUT2D eigenvalue weighted by Gasteiger charge is 2.08. The summed E-state index contributed by atoms with van der Waals surface area (Å²) in [5.41, 5.74) is 5.81. The standard InChI is InChI=1S/C12H11NO2/c1-15-11-7-3-4-8-9(11)5-2-6-10(8)12(13)14/h2-7H,1H3,(H2,13,14). The third-order valence-corrected chi connectivity index (χ3v) is 2.37. The van der Waals surface area contributed by atoms with E-state index in [0.29, 0.717) is 5.56 Å². The molecule has 0 saturated heterocycles. The molecule has 0 aliphatic heterocycles. The number of amides is 1. The van der Waals surface area contributed by atoms with Crippen molar-refractivity contribution in [2.24, 2.45) is 5.73 Å². The van der Waals surface area contributed by atoms with Crippen LogP contribution in [0.15, 0.2) is 36.4 Å². The number of hydrogen-bond donors (Lipinski definition) is 1. The second-order valence-corrected chi connectivity index (χ2v) is 3.23. The van der Waals surface area contributed by atoms with Crippen molar-refractivity contribution in [3.63, 3.8) is 0 Å². The number of fused-ring (bicyclic) bond motifs is 1. The van der Waals surface area contributed by atoms with Gasteiger partial charge in [-0.2, -0.15) is 0 Å². The van der Waals surface area contributed by atoms with Crippen molar-refractivity contribution in [2.75, 3.05) is 7.11 Å². The van der Waals surface area contributed by atoms with Crippen LogP contribution in [0, 0.1) is 0 Å². The molecule has 0 heterocycles. The fourth-order valence-electron chi connectivity index (χ4n) is 1.67. The molecule has 0 atom stereocenters. The summed E-state index contributed by atoms with van der Waals surface area (Å²) in [6.07, 6.45) is 0.